The lowest BCUT2D eigenvalue weighted by atomic mass is 10.2. The Morgan fingerprint density at radius 2 is 1.89 bits per heavy atom. The Morgan fingerprint density at radius 3 is 2.53 bits per heavy atom. The zero-order valence-electron chi connectivity index (χ0n) is 11.5. The van der Waals surface area contributed by atoms with E-state index in [1.165, 1.54) is 0 Å². The van der Waals surface area contributed by atoms with Gasteiger partial charge in [-0.05, 0) is 25.5 Å². The van der Waals surface area contributed by atoms with Crippen LogP contribution in [0.4, 0.5) is 0 Å². The maximum Gasteiger partial charge on any atom is 0.215 e. The van der Waals surface area contributed by atoms with Crippen molar-refractivity contribution in [2.24, 2.45) is 0 Å². The van der Waals surface area contributed by atoms with Crippen LogP contribution in [-0.4, -0.2) is 28.1 Å². The molecule has 1 aromatic carbocycles. The molecule has 0 aromatic heterocycles. The van der Waals surface area contributed by atoms with Gasteiger partial charge in [0.05, 0.1) is 5.75 Å². The Hall–Kier alpha value is -0.620. The smallest absolute Gasteiger partial charge is 0.215 e. The Balaban J connectivity index is 0.00000324. The highest BCUT2D eigenvalue weighted by molar-refractivity contribution is 7.88. The maximum atomic E-state index is 11.8. The van der Waals surface area contributed by atoms with Gasteiger partial charge in [-0.15, -0.1) is 12.4 Å². The van der Waals surface area contributed by atoms with E-state index in [0.29, 0.717) is 13.1 Å². The van der Waals surface area contributed by atoms with Gasteiger partial charge in [0.2, 0.25) is 10.0 Å². The van der Waals surface area contributed by atoms with Crippen LogP contribution in [0.2, 0.25) is 0 Å². The van der Waals surface area contributed by atoms with Crippen LogP contribution in [0.1, 0.15) is 24.5 Å². The topological polar surface area (TPSA) is 58.2 Å². The number of aryl methyl sites for hydroxylation is 1. The summed E-state index contributed by atoms with van der Waals surface area (Å²) >= 11 is 0. The third kappa shape index (κ3) is 8.21. The molecule has 2 N–H and O–H groups in total. The lowest BCUT2D eigenvalue weighted by molar-refractivity contribution is 0.574. The summed E-state index contributed by atoms with van der Waals surface area (Å²) in [5.41, 5.74) is 1.90. The lowest BCUT2D eigenvalue weighted by Crippen LogP contribution is -2.32. The van der Waals surface area contributed by atoms with Crippen molar-refractivity contribution < 1.29 is 8.42 Å². The van der Waals surface area contributed by atoms with Crippen LogP contribution in [0.15, 0.2) is 24.3 Å². The van der Waals surface area contributed by atoms with E-state index >= 15 is 0 Å². The first-order valence-corrected chi connectivity index (χ1v) is 7.92. The molecule has 0 aliphatic rings. The van der Waals surface area contributed by atoms with E-state index in [4.69, 9.17) is 0 Å². The van der Waals surface area contributed by atoms with Crippen molar-refractivity contribution in [3.63, 3.8) is 0 Å². The molecule has 0 unspecified atom stereocenters. The molecule has 0 spiro atoms. The van der Waals surface area contributed by atoms with E-state index in [1.807, 2.05) is 31.2 Å². The lowest BCUT2D eigenvalue weighted by Gasteiger charge is -2.08. The molecule has 0 radical (unpaired) electrons. The molecule has 1 rings (SSSR count). The van der Waals surface area contributed by atoms with Crippen molar-refractivity contribution in [2.45, 2.75) is 26.0 Å². The van der Waals surface area contributed by atoms with Crippen LogP contribution in [0.3, 0.4) is 0 Å². The molecule has 0 heterocycles. The zero-order valence-corrected chi connectivity index (χ0v) is 13.1. The van der Waals surface area contributed by atoms with Crippen LogP contribution in [-0.2, 0) is 15.8 Å². The van der Waals surface area contributed by atoms with Crippen molar-refractivity contribution in [3.05, 3.63) is 35.4 Å². The van der Waals surface area contributed by atoms with Gasteiger partial charge >= 0.3 is 0 Å². The summed E-state index contributed by atoms with van der Waals surface area (Å²) < 4.78 is 26.2. The van der Waals surface area contributed by atoms with E-state index in [9.17, 15) is 8.42 Å². The summed E-state index contributed by atoms with van der Waals surface area (Å²) in [6.07, 6.45) is 1.05. The summed E-state index contributed by atoms with van der Waals surface area (Å²) in [6, 6.07) is 7.57. The molecule has 1 aromatic rings. The predicted molar refractivity (Wildman–Crippen MR) is 82.2 cm³/mol. The molecule has 4 nitrogen and oxygen atoms in total. The fourth-order valence-corrected chi connectivity index (χ4v) is 2.80. The van der Waals surface area contributed by atoms with Crippen LogP contribution in [0.5, 0.6) is 0 Å². The van der Waals surface area contributed by atoms with Gasteiger partial charge in [-0.3, -0.25) is 0 Å². The van der Waals surface area contributed by atoms with Gasteiger partial charge in [-0.2, -0.15) is 0 Å². The van der Waals surface area contributed by atoms with Gasteiger partial charge in [-0.25, -0.2) is 13.1 Å². The van der Waals surface area contributed by atoms with Crippen molar-refractivity contribution in [2.75, 3.05) is 19.6 Å². The minimum atomic E-state index is -3.23. The average Bonchev–Trinajstić information content (AvgIpc) is 2.28. The summed E-state index contributed by atoms with van der Waals surface area (Å²) in [5.74, 6) is 0.0441. The minimum Gasteiger partial charge on any atom is -0.315 e. The number of nitrogens with one attached hydrogen (secondary N) is 2. The zero-order chi connectivity index (χ0) is 13.4. The van der Waals surface area contributed by atoms with Gasteiger partial charge in [-0.1, -0.05) is 36.8 Å². The number of benzene rings is 1. The molecular formula is C13H23ClN2O2S. The SMILES string of the molecule is CCCNCCNS(=O)(=O)Cc1cccc(C)c1.Cl. The molecule has 0 aliphatic heterocycles. The van der Waals surface area contributed by atoms with Crippen molar-refractivity contribution in [1.29, 1.82) is 0 Å². The largest absolute Gasteiger partial charge is 0.315 e. The molecule has 0 atom stereocenters. The second-order valence-electron chi connectivity index (χ2n) is 4.39. The first-order valence-electron chi connectivity index (χ1n) is 6.27. The summed E-state index contributed by atoms with van der Waals surface area (Å²) in [5, 5.41) is 3.15. The second kappa shape index (κ2) is 9.31. The molecule has 0 fully saturated rings. The van der Waals surface area contributed by atoms with Crippen LogP contribution >= 0.6 is 12.4 Å². The highest BCUT2D eigenvalue weighted by Crippen LogP contribution is 2.07. The van der Waals surface area contributed by atoms with Gasteiger partial charge in [0.25, 0.3) is 0 Å². The first-order chi connectivity index (χ1) is 8.53. The fourth-order valence-electron chi connectivity index (χ4n) is 1.67. The minimum absolute atomic E-state index is 0. The number of rotatable bonds is 8. The molecule has 0 amide bonds. The summed E-state index contributed by atoms with van der Waals surface area (Å²) in [7, 11) is -3.23. The molecule has 110 valence electrons. The van der Waals surface area contributed by atoms with Gasteiger partial charge in [0.15, 0.2) is 0 Å². The Bertz CT molecular complexity index is 463. The molecule has 0 aliphatic carbocycles. The highest BCUT2D eigenvalue weighted by atomic mass is 35.5. The molecule has 0 bridgehead atoms. The second-order valence-corrected chi connectivity index (χ2v) is 6.20. The fraction of sp³-hybridized carbons (Fsp3) is 0.538. The van der Waals surface area contributed by atoms with E-state index in [-0.39, 0.29) is 18.2 Å². The van der Waals surface area contributed by atoms with E-state index in [2.05, 4.69) is 17.0 Å². The van der Waals surface area contributed by atoms with Crippen LogP contribution < -0.4 is 10.0 Å². The Kier molecular flexibility index (Phi) is 9.01. The summed E-state index contributed by atoms with van der Waals surface area (Å²) in [6.45, 7) is 6.06. The van der Waals surface area contributed by atoms with Crippen LogP contribution in [0, 0.1) is 6.92 Å². The molecule has 0 saturated heterocycles. The van der Waals surface area contributed by atoms with Crippen LogP contribution in [0.25, 0.3) is 0 Å². The molecular weight excluding hydrogens is 284 g/mol. The molecule has 6 heteroatoms. The monoisotopic (exact) mass is 306 g/mol. The Morgan fingerprint density at radius 1 is 1.16 bits per heavy atom. The Labute approximate surface area is 122 Å². The maximum absolute atomic E-state index is 11.8. The predicted octanol–water partition coefficient (Wildman–Crippen LogP) is 1.84. The van der Waals surface area contributed by atoms with E-state index in [1.54, 1.807) is 0 Å². The van der Waals surface area contributed by atoms with Crippen molar-refractivity contribution in [1.82, 2.24) is 10.0 Å². The number of sulfonamides is 1. The highest BCUT2D eigenvalue weighted by Gasteiger charge is 2.10. The van der Waals surface area contributed by atoms with E-state index < -0.39 is 10.0 Å². The van der Waals surface area contributed by atoms with Crippen molar-refractivity contribution in [3.8, 4) is 0 Å². The first kappa shape index (κ1) is 18.4. The quantitative estimate of drug-likeness (QED) is 0.721. The van der Waals surface area contributed by atoms with Gasteiger partial charge in [0.1, 0.15) is 0 Å². The third-order valence-corrected chi connectivity index (χ3v) is 3.85. The third-order valence-electron chi connectivity index (χ3n) is 2.49. The number of hydrogen-bond acceptors (Lipinski definition) is 3. The number of halogens is 1. The number of hydrogen-bond donors (Lipinski definition) is 2. The standard InChI is InChI=1S/C13H22N2O2S.ClH/c1-3-7-14-8-9-15-18(16,17)11-13-6-4-5-12(2)10-13;/h4-6,10,14-15H,3,7-9,11H2,1-2H3;1H. The molecule has 19 heavy (non-hydrogen) atoms. The van der Waals surface area contributed by atoms with E-state index in [0.717, 1.165) is 24.1 Å². The summed E-state index contributed by atoms with van der Waals surface area (Å²) in [4.78, 5) is 0. The van der Waals surface area contributed by atoms with Crippen molar-refractivity contribution >= 4 is 22.4 Å². The van der Waals surface area contributed by atoms with Gasteiger partial charge in [0, 0.05) is 13.1 Å². The normalized spacial score (nSPS) is 11.1. The average molecular weight is 307 g/mol. The molecule has 0 saturated carbocycles. The van der Waals surface area contributed by atoms with Gasteiger partial charge < -0.3 is 5.32 Å².